The number of hydrogen-bond acceptors (Lipinski definition) is 3. The van der Waals surface area contributed by atoms with Crippen LogP contribution in [0, 0.1) is 0 Å². The summed E-state index contributed by atoms with van der Waals surface area (Å²) in [6.45, 7) is 3.65. The summed E-state index contributed by atoms with van der Waals surface area (Å²) in [6.07, 6.45) is 0. The molecule has 0 aliphatic heterocycles. The Balaban J connectivity index is 3.06. The van der Waals surface area contributed by atoms with E-state index in [1.54, 1.807) is 19.2 Å². The second kappa shape index (κ2) is 4.46. The highest BCUT2D eigenvalue weighted by Gasteiger charge is 2.13. The Bertz CT molecular complexity index is 355. The van der Waals surface area contributed by atoms with Crippen molar-refractivity contribution in [2.75, 3.05) is 14.2 Å². The maximum Gasteiger partial charge on any atom is 0.337 e. The van der Waals surface area contributed by atoms with Crippen molar-refractivity contribution >= 4 is 11.5 Å². The number of para-hydroxylation sites is 1. The van der Waals surface area contributed by atoms with Gasteiger partial charge < -0.3 is 9.47 Å². The molecule has 1 aromatic rings. The van der Waals surface area contributed by atoms with E-state index in [2.05, 4.69) is 11.3 Å². The maximum absolute atomic E-state index is 11.2. The van der Waals surface area contributed by atoms with Crippen LogP contribution in [0.3, 0.4) is 0 Å². The van der Waals surface area contributed by atoms with Gasteiger partial charge >= 0.3 is 5.97 Å². The minimum atomic E-state index is -0.450. The normalized spacial score (nSPS) is 9.29. The van der Waals surface area contributed by atoms with Gasteiger partial charge in [-0.15, -0.1) is 0 Å². The Hall–Kier alpha value is -1.77. The number of carbonyl (C=O) groups is 1. The average molecular weight is 192 g/mol. The van der Waals surface area contributed by atoms with E-state index in [1.807, 2.05) is 12.1 Å². The first-order valence-electron chi connectivity index (χ1n) is 4.11. The molecule has 0 aliphatic carbocycles. The predicted octanol–water partition coefficient (Wildman–Crippen LogP) is 1.88. The van der Waals surface area contributed by atoms with Gasteiger partial charge in [0.15, 0.2) is 0 Å². The fraction of sp³-hybridized carbons (Fsp3) is 0.182. The molecule has 0 spiro atoms. The quantitative estimate of drug-likeness (QED) is 0.542. The van der Waals surface area contributed by atoms with Gasteiger partial charge in [-0.05, 0) is 6.07 Å². The SMILES string of the molecule is C=C(C(=O)OC)c1ccccc1OC. The van der Waals surface area contributed by atoms with Crippen LogP contribution < -0.4 is 4.74 Å². The van der Waals surface area contributed by atoms with Crippen molar-refractivity contribution in [3.05, 3.63) is 36.4 Å². The van der Waals surface area contributed by atoms with Gasteiger partial charge in [0, 0.05) is 5.56 Å². The minimum Gasteiger partial charge on any atom is -0.496 e. The number of carbonyl (C=O) groups excluding carboxylic acids is 1. The van der Waals surface area contributed by atoms with Crippen molar-refractivity contribution in [1.29, 1.82) is 0 Å². The molecule has 14 heavy (non-hydrogen) atoms. The van der Waals surface area contributed by atoms with E-state index in [-0.39, 0.29) is 0 Å². The number of ether oxygens (including phenoxy) is 2. The lowest BCUT2D eigenvalue weighted by atomic mass is 10.1. The first-order chi connectivity index (χ1) is 6.70. The van der Waals surface area contributed by atoms with E-state index < -0.39 is 5.97 Å². The second-order valence-electron chi connectivity index (χ2n) is 2.67. The van der Waals surface area contributed by atoms with Crippen LogP contribution in [0.15, 0.2) is 30.8 Å². The number of hydrogen-bond donors (Lipinski definition) is 0. The molecule has 0 heterocycles. The van der Waals surface area contributed by atoms with Crippen LogP contribution in [0.1, 0.15) is 5.56 Å². The molecule has 0 N–H and O–H groups in total. The van der Waals surface area contributed by atoms with E-state index in [0.717, 1.165) is 0 Å². The maximum atomic E-state index is 11.2. The lowest BCUT2D eigenvalue weighted by molar-refractivity contribution is -0.133. The zero-order valence-electron chi connectivity index (χ0n) is 8.24. The van der Waals surface area contributed by atoms with E-state index >= 15 is 0 Å². The van der Waals surface area contributed by atoms with Crippen LogP contribution in [-0.4, -0.2) is 20.2 Å². The van der Waals surface area contributed by atoms with Crippen LogP contribution in [0.5, 0.6) is 5.75 Å². The van der Waals surface area contributed by atoms with Gasteiger partial charge in [-0.2, -0.15) is 0 Å². The number of methoxy groups -OCH3 is 2. The number of benzene rings is 1. The highest BCUT2D eigenvalue weighted by atomic mass is 16.5. The number of esters is 1. The van der Waals surface area contributed by atoms with E-state index in [4.69, 9.17) is 4.74 Å². The average Bonchev–Trinajstić information content (AvgIpc) is 2.26. The van der Waals surface area contributed by atoms with Gasteiger partial charge in [0.25, 0.3) is 0 Å². The zero-order chi connectivity index (χ0) is 10.6. The third kappa shape index (κ3) is 1.93. The molecule has 1 rings (SSSR count). The standard InChI is InChI=1S/C11H12O3/c1-8(11(12)14-3)9-6-4-5-7-10(9)13-2/h4-7H,1H2,2-3H3. The van der Waals surface area contributed by atoms with E-state index in [9.17, 15) is 4.79 Å². The minimum absolute atomic E-state index is 0.296. The van der Waals surface area contributed by atoms with Crippen molar-refractivity contribution in [3.8, 4) is 5.75 Å². The molecular formula is C11H12O3. The van der Waals surface area contributed by atoms with Gasteiger partial charge in [0.05, 0.1) is 19.8 Å². The van der Waals surface area contributed by atoms with Gasteiger partial charge in [-0.3, -0.25) is 0 Å². The van der Waals surface area contributed by atoms with Gasteiger partial charge in [-0.1, -0.05) is 24.8 Å². The smallest absolute Gasteiger partial charge is 0.337 e. The zero-order valence-corrected chi connectivity index (χ0v) is 8.24. The fourth-order valence-electron chi connectivity index (χ4n) is 1.13. The molecule has 3 heteroatoms. The molecule has 0 saturated carbocycles. The van der Waals surface area contributed by atoms with Crippen molar-refractivity contribution in [2.24, 2.45) is 0 Å². The lowest BCUT2D eigenvalue weighted by Crippen LogP contribution is -2.03. The largest absolute Gasteiger partial charge is 0.496 e. The first kappa shape index (κ1) is 10.3. The van der Waals surface area contributed by atoms with Gasteiger partial charge in [0.2, 0.25) is 0 Å². The van der Waals surface area contributed by atoms with Crippen LogP contribution >= 0.6 is 0 Å². The lowest BCUT2D eigenvalue weighted by Gasteiger charge is -2.08. The van der Waals surface area contributed by atoms with Crippen molar-refractivity contribution in [2.45, 2.75) is 0 Å². The summed E-state index contributed by atoms with van der Waals surface area (Å²) in [6, 6.07) is 7.17. The molecule has 0 radical (unpaired) electrons. The van der Waals surface area contributed by atoms with E-state index in [1.165, 1.54) is 7.11 Å². The molecular weight excluding hydrogens is 180 g/mol. The van der Waals surface area contributed by atoms with Crippen molar-refractivity contribution < 1.29 is 14.3 Å². The molecule has 0 amide bonds. The molecule has 74 valence electrons. The topological polar surface area (TPSA) is 35.5 Å². The molecule has 0 atom stereocenters. The Morgan fingerprint density at radius 1 is 1.29 bits per heavy atom. The van der Waals surface area contributed by atoms with Crippen LogP contribution in [-0.2, 0) is 9.53 Å². The Morgan fingerprint density at radius 2 is 1.93 bits per heavy atom. The fourth-order valence-corrected chi connectivity index (χ4v) is 1.13. The van der Waals surface area contributed by atoms with Crippen LogP contribution in [0.25, 0.3) is 5.57 Å². The third-order valence-electron chi connectivity index (χ3n) is 1.86. The monoisotopic (exact) mass is 192 g/mol. The molecule has 3 nitrogen and oxygen atoms in total. The van der Waals surface area contributed by atoms with Gasteiger partial charge in [0.1, 0.15) is 5.75 Å². The summed E-state index contributed by atoms with van der Waals surface area (Å²) in [7, 11) is 2.87. The first-order valence-corrected chi connectivity index (χ1v) is 4.11. The molecule has 0 fully saturated rings. The van der Waals surface area contributed by atoms with Crippen LogP contribution in [0.4, 0.5) is 0 Å². The molecule has 0 aromatic heterocycles. The molecule has 1 aromatic carbocycles. The Morgan fingerprint density at radius 3 is 2.50 bits per heavy atom. The molecule has 0 unspecified atom stereocenters. The van der Waals surface area contributed by atoms with E-state index in [0.29, 0.717) is 16.9 Å². The summed E-state index contributed by atoms with van der Waals surface area (Å²) < 4.78 is 9.66. The summed E-state index contributed by atoms with van der Waals surface area (Å²) in [5.74, 6) is 0.164. The summed E-state index contributed by atoms with van der Waals surface area (Å²) in [4.78, 5) is 11.2. The summed E-state index contributed by atoms with van der Waals surface area (Å²) in [5.41, 5.74) is 0.951. The van der Waals surface area contributed by atoms with Crippen molar-refractivity contribution in [1.82, 2.24) is 0 Å². The second-order valence-corrected chi connectivity index (χ2v) is 2.67. The third-order valence-corrected chi connectivity index (χ3v) is 1.86. The number of rotatable bonds is 3. The van der Waals surface area contributed by atoms with Gasteiger partial charge in [-0.25, -0.2) is 4.79 Å². The summed E-state index contributed by atoms with van der Waals surface area (Å²) in [5, 5.41) is 0. The molecule has 0 aliphatic rings. The Kier molecular flexibility index (Phi) is 3.29. The predicted molar refractivity (Wildman–Crippen MR) is 54.0 cm³/mol. The Labute approximate surface area is 83.0 Å². The highest BCUT2D eigenvalue weighted by Crippen LogP contribution is 2.24. The van der Waals surface area contributed by atoms with Crippen molar-refractivity contribution in [3.63, 3.8) is 0 Å². The summed E-state index contributed by atoms with van der Waals surface area (Å²) >= 11 is 0. The highest BCUT2D eigenvalue weighted by molar-refractivity contribution is 6.16. The molecule has 0 bridgehead atoms. The van der Waals surface area contributed by atoms with Crippen LogP contribution in [0.2, 0.25) is 0 Å². The molecule has 0 saturated heterocycles.